The first-order chi connectivity index (χ1) is 21.0. The molecule has 0 saturated heterocycles. The van der Waals surface area contributed by atoms with E-state index in [9.17, 15) is 0 Å². The molecule has 0 N–H and O–H groups in total. The van der Waals surface area contributed by atoms with Crippen LogP contribution in [0.3, 0.4) is 0 Å². The molecule has 3 aromatic carbocycles. The average Bonchev–Trinajstić information content (AvgIpc) is 3.44. The Balaban J connectivity index is 0.000000156. The molecular formula is C40H32IrN2O-2. The number of para-hydroxylation sites is 1. The van der Waals surface area contributed by atoms with E-state index < -0.39 is 0 Å². The number of hydrogen-bond donors (Lipinski definition) is 0. The third kappa shape index (κ3) is 5.76. The summed E-state index contributed by atoms with van der Waals surface area (Å²) in [6.45, 7) is 6.70. The van der Waals surface area contributed by atoms with Gasteiger partial charge in [0.2, 0.25) is 0 Å². The van der Waals surface area contributed by atoms with Crippen LogP contribution in [0.2, 0.25) is 0 Å². The van der Waals surface area contributed by atoms with Crippen LogP contribution in [0.5, 0.6) is 0 Å². The molecule has 8 rings (SSSR count). The van der Waals surface area contributed by atoms with Gasteiger partial charge in [-0.1, -0.05) is 98.5 Å². The average molecular weight is 749 g/mol. The zero-order chi connectivity index (χ0) is 29.4. The largest absolute Gasteiger partial charge is 0.501 e. The molecule has 2 aliphatic rings. The fraction of sp³-hybridized carbons (Fsp3) is 0.150. The van der Waals surface area contributed by atoms with Crippen LogP contribution < -0.4 is 0 Å². The number of nitrogens with zero attached hydrogens (tertiary/aromatic N) is 2. The molecule has 0 fully saturated rings. The van der Waals surface area contributed by atoms with E-state index in [1.807, 2.05) is 54.7 Å². The Morgan fingerprint density at radius 1 is 0.773 bits per heavy atom. The van der Waals surface area contributed by atoms with Crippen molar-refractivity contribution in [2.75, 3.05) is 0 Å². The van der Waals surface area contributed by atoms with Gasteiger partial charge in [0.05, 0.1) is 5.58 Å². The van der Waals surface area contributed by atoms with E-state index in [-0.39, 0.29) is 25.5 Å². The summed E-state index contributed by atoms with van der Waals surface area (Å²) in [5, 5.41) is 2.23. The summed E-state index contributed by atoms with van der Waals surface area (Å²) in [7, 11) is 0. The second kappa shape index (κ2) is 12.3. The zero-order valence-corrected chi connectivity index (χ0v) is 27.3. The maximum atomic E-state index is 5.97. The Kier molecular flexibility index (Phi) is 8.31. The van der Waals surface area contributed by atoms with Crippen LogP contribution in [0, 0.1) is 18.1 Å². The van der Waals surface area contributed by atoms with Crippen molar-refractivity contribution in [2.24, 2.45) is 5.92 Å². The Bertz CT molecular complexity index is 2030. The quantitative estimate of drug-likeness (QED) is 0.166. The molecule has 0 spiro atoms. The standard InChI is InChI=1S/C23H22N.C17H10NO.Ir/c1-23(2,3)19-12-13-24-22(15-19)18-11-10-17-9-8-16-6-4-5-7-20(16)21(17)14-18;1-2-10-16-12(6-1)13-7-5-8-14(17(13)19-16)15-9-3-4-11-18-15;/h4-10,12-16,20H,1-3H3;1-7,9-11H;/q2*-1;. The predicted molar refractivity (Wildman–Crippen MR) is 177 cm³/mol. The van der Waals surface area contributed by atoms with Gasteiger partial charge in [0.1, 0.15) is 5.58 Å². The fourth-order valence-electron chi connectivity index (χ4n) is 5.87. The van der Waals surface area contributed by atoms with Crippen LogP contribution in [0.1, 0.15) is 43.4 Å². The van der Waals surface area contributed by atoms with Gasteiger partial charge >= 0.3 is 0 Å². The molecule has 3 aromatic heterocycles. The van der Waals surface area contributed by atoms with Gasteiger partial charge in [-0.15, -0.1) is 59.2 Å². The monoisotopic (exact) mass is 749 g/mol. The van der Waals surface area contributed by atoms with E-state index in [1.54, 1.807) is 6.20 Å². The van der Waals surface area contributed by atoms with Gasteiger partial charge in [-0.25, -0.2) is 0 Å². The Labute approximate surface area is 272 Å². The molecule has 4 heteroatoms. The number of hydrogen-bond acceptors (Lipinski definition) is 3. The number of fused-ring (bicyclic) bond motifs is 6. The minimum Gasteiger partial charge on any atom is -0.501 e. The number of aromatic nitrogens is 2. The van der Waals surface area contributed by atoms with E-state index in [0.29, 0.717) is 11.8 Å². The zero-order valence-electron chi connectivity index (χ0n) is 24.9. The van der Waals surface area contributed by atoms with Gasteiger partial charge in [-0.2, -0.15) is 0 Å². The van der Waals surface area contributed by atoms with Crippen molar-refractivity contribution in [3.05, 3.63) is 150 Å². The maximum Gasteiger partial charge on any atom is 0.120 e. The van der Waals surface area contributed by atoms with Gasteiger partial charge in [0.15, 0.2) is 0 Å². The van der Waals surface area contributed by atoms with Crippen molar-refractivity contribution in [1.82, 2.24) is 9.97 Å². The molecule has 2 aliphatic carbocycles. The fourth-order valence-corrected chi connectivity index (χ4v) is 5.87. The summed E-state index contributed by atoms with van der Waals surface area (Å²) in [6, 6.07) is 33.2. The van der Waals surface area contributed by atoms with Crippen LogP contribution in [0.15, 0.2) is 126 Å². The van der Waals surface area contributed by atoms with E-state index in [0.717, 1.165) is 44.5 Å². The van der Waals surface area contributed by atoms with Crippen molar-refractivity contribution in [3.63, 3.8) is 0 Å². The molecule has 3 heterocycles. The van der Waals surface area contributed by atoms with E-state index in [4.69, 9.17) is 4.42 Å². The smallest absolute Gasteiger partial charge is 0.120 e. The molecule has 0 saturated carbocycles. The number of rotatable bonds is 2. The maximum absolute atomic E-state index is 5.97. The molecular weight excluding hydrogens is 717 g/mol. The molecule has 0 aliphatic heterocycles. The van der Waals surface area contributed by atoms with E-state index >= 15 is 0 Å². The Hall–Kier alpha value is -4.37. The summed E-state index contributed by atoms with van der Waals surface area (Å²) in [4.78, 5) is 8.97. The predicted octanol–water partition coefficient (Wildman–Crippen LogP) is 10.1. The second-order valence-corrected chi connectivity index (χ2v) is 12.1. The van der Waals surface area contributed by atoms with Crippen LogP contribution >= 0.6 is 0 Å². The molecule has 0 bridgehead atoms. The number of allylic oxidation sites excluding steroid dienone is 5. The van der Waals surface area contributed by atoms with Gasteiger partial charge in [0, 0.05) is 43.8 Å². The minimum absolute atomic E-state index is 0. The first-order valence-electron chi connectivity index (χ1n) is 14.7. The van der Waals surface area contributed by atoms with Crippen molar-refractivity contribution in [1.29, 1.82) is 0 Å². The van der Waals surface area contributed by atoms with Gasteiger partial charge < -0.3 is 14.4 Å². The molecule has 0 amide bonds. The van der Waals surface area contributed by atoms with Crippen LogP contribution in [-0.2, 0) is 25.5 Å². The van der Waals surface area contributed by atoms with Crippen molar-refractivity contribution >= 4 is 28.0 Å². The minimum atomic E-state index is 0. The first-order valence-corrected chi connectivity index (χ1v) is 14.7. The van der Waals surface area contributed by atoms with E-state index in [1.165, 1.54) is 16.7 Å². The molecule has 219 valence electrons. The molecule has 3 nitrogen and oxygen atoms in total. The third-order valence-corrected chi connectivity index (χ3v) is 8.21. The Morgan fingerprint density at radius 3 is 2.43 bits per heavy atom. The van der Waals surface area contributed by atoms with Crippen molar-refractivity contribution < 1.29 is 24.5 Å². The molecule has 2 unspecified atom stereocenters. The third-order valence-electron chi connectivity index (χ3n) is 8.21. The summed E-state index contributed by atoms with van der Waals surface area (Å²) in [5.74, 6) is 0.890. The van der Waals surface area contributed by atoms with Gasteiger partial charge in [0.25, 0.3) is 0 Å². The molecule has 44 heavy (non-hydrogen) atoms. The molecule has 6 aromatic rings. The van der Waals surface area contributed by atoms with E-state index in [2.05, 4.69) is 110 Å². The first kappa shape index (κ1) is 29.7. The number of furan rings is 1. The summed E-state index contributed by atoms with van der Waals surface area (Å²) in [5.41, 5.74) is 9.70. The van der Waals surface area contributed by atoms with Crippen LogP contribution in [-0.4, -0.2) is 9.97 Å². The van der Waals surface area contributed by atoms with Gasteiger partial charge in [-0.3, -0.25) is 0 Å². The number of benzene rings is 3. The summed E-state index contributed by atoms with van der Waals surface area (Å²) < 4.78 is 5.97. The molecule has 1 radical (unpaired) electrons. The van der Waals surface area contributed by atoms with Crippen molar-refractivity contribution in [2.45, 2.75) is 32.1 Å². The molecule has 2 atom stereocenters. The van der Waals surface area contributed by atoms with Gasteiger partial charge in [-0.05, 0) is 46.5 Å². The van der Waals surface area contributed by atoms with Crippen LogP contribution in [0.25, 0.3) is 50.5 Å². The SMILES string of the molecule is CC(C)(C)c1ccnc(-c2[c-]cc3c(c2)C2C=CC=CC2C=C3)c1.[Ir].[c-]1ccc2c(oc3ccccc32)c1-c1ccccn1. The second-order valence-electron chi connectivity index (χ2n) is 12.1. The topological polar surface area (TPSA) is 38.9 Å². The normalized spacial score (nSPS) is 16.5. The summed E-state index contributed by atoms with van der Waals surface area (Å²) >= 11 is 0. The Morgan fingerprint density at radius 2 is 1.59 bits per heavy atom. The summed E-state index contributed by atoms with van der Waals surface area (Å²) in [6.07, 6.45) is 17.1. The van der Waals surface area contributed by atoms with Crippen molar-refractivity contribution in [3.8, 4) is 22.5 Å². The van der Waals surface area contributed by atoms with Crippen LogP contribution in [0.4, 0.5) is 0 Å². The number of pyridine rings is 2.